The first kappa shape index (κ1) is 21.6. The van der Waals surface area contributed by atoms with Gasteiger partial charge in [0.05, 0.1) is 16.1 Å². The number of carboxylic acid groups (broad SMARTS) is 1. The van der Waals surface area contributed by atoms with Gasteiger partial charge >= 0.3 is 5.97 Å². The minimum atomic E-state index is -3.92. The van der Waals surface area contributed by atoms with Crippen LogP contribution in [0.4, 0.5) is 0 Å². The van der Waals surface area contributed by atoms with E-state index in [2.05, 4.69) is 10.1 Å². The number of fused-ring (bicyclic) bond motifs is 1. The largest absolute Gasteiger partial charge is 0.481 e. The van der Waals surface area contributed by atoms with Crippen LogP contribution in [0.5, 0.6) is 0 Å². The second-order valence-electron chi connectivity index (χ2n) is 7.77. The maximum atomic E-state index is 13.6. The lowest BCUT2D eigenvalue weighted by Crippen LogP contribution is -2.12. The van der Waals surface area contributed by atoms with Crippen LogP contribution in [0.3, 0.4) is 0 Å². The molecule has 1 N–H and O–H groups in total. The molecule has 0 aliphatic rings. The number of benzene rings is 2. The van der Waals surface area contributed by atoms with Crippen molar-refractivity contribution < 1.29 is 18.3 Å². The Kier molecular flexibility index (Phi) is 5.46. The summed E-state index contributed by atoms with van der Waals surface area (Å²) in [5.74, 6) is -0.943. The van der Waals surface area contributed by atoms with Gasteiger partial charge < -0.3 is 5.11 Å². The third kappa shape index (κ3) is 3.97. The lowest BCUT2D eigenvalue weighted by molar-refractivity contribution is -0.136. The fourth-order valence-corrected chi connectivity index (χ4v) is 5.32. The van der Waals surface area contributed by atoms with E-state index in [0.29, 0.717) is 16.5 Å². The molecule has 0 fully saturated rings. The zero-order valence-corrected chi connectivity index (χ0v) is 18.8. The van der Waals surface area contributed by atoms with Crippen LogP contribution in [0.1, 0.15) is 12.0 Å². The second-order valence-corrected chi connectivity index (χ2v) is 9.58. The van der Waals surface area contributed by atoms with Crippen molar-refractivity contribution in [3.8, 4) is 16.8 Å². The molecule has 0 radical (unpaired) electrons. The summed E-state index contributed by atoms with van der Waals surface area (Å²) < 4.78 is 30.0. The number of rotatable bonds is 7. The van der Waals surface area contributed by atoms with Crippen molar-refractivity contribution in [1.82, 2.24) is 18.7 Å². The molecule has 0 unspecified atom stereocenters. The van der Waals surface area contributed by atoms with Gasteiger partial charge in [0.25, 0.3) is 10.0 Å². The lowest BCUT2D eigenvalue weighted by Gasteiger charge is -2.09. The number of aryl methyl sites for hydroxylation is 1. The second kappa shape index (κ2) is 8.60. The summed E-state index contributed by atoms with van der Waals surface area (Å²) in [6, 6.07) is 17.5. The Balaban J connectivity index is 1.61. The Morgan fingerprint density at radius 2 is 1.79 bits per heavy atom. The summed E-state index contributed by atoms with van der Waals surface area (Å²) in [7, 11) is -3.92. The van der Waals surface area contributed by atoms with Crippen LogP contribution in [0.15, 0.2) is 96.5 Å². The number of nitrogens with zero attached hydrogens (tertiary/aromatic N) is 4. The van der Waals surface area contributed by atoms with Crippen LogP contribution < -0.4 is 0 Å². The van der Waals surface area contributed by atoms with E-state index < -0.39 is 16.0 Å². The van der Waals surface area contributed by atoms with E-state index in [1.807, 2.05) is 24.3 Å². The van der Waals surface area contributed by atoms with Crippen molar-refractivity contribution >= 4 is 26.9 Å². The number of pyridine rings is 1. The van der Waals surface area contributed by atoms with Crippen molar-refractivity contribution in [2.45, 2.75) is 17.7 Å². The fraction of sp³-hybridized carbons (Fsp3) is 0.0800. The molecule has 9 heteroatoms. The molecule has 0 bridgehead atoms. The van der Waals surface area contributed by atoms with Crippen LogP contribution >= 0.6 is 0 Å². The first-order valence-electron chi connectivity index (χ1n) is 10.6. The SMILES string of the molecule is O=C(O)CCc1cn(S(=O)(=O)c2ccc(-n3cccn3)cc2)c2ccc(-c3cccnc3)cc12. The van der Waals surface area contributed by atoms with Crippen LogP contribution in [-0.4, -0.2) is 38.2 Å². The first-order valence-corrected chi connectivity index (χ1v) is 12.0. The molecule has 170 valence electrons. The van der Waals surface area contributed by atoms with E-state index in [1.54, 1.807) is 65.9 Å². The standard InChI is InChI=1S/C25H20N4O4S/c30-25(31)11-5-20-17-29(24-10-4-18(15-23(20)24)19-3-1-12-26-16-19)34(32,33)22-8-6-21(7-9-22)28-14-2-13-27-28/h1-4,6-10,12-17H,5,11H2,(H,30,31). The van der Waals surface area contributed by atoms with E-state index in [1.165, 1.54) is 10.2 Å². The quantitative estimate of drug-likeness (QED) is 0.381. The highest BCUT2D eigenvalue weighted by atomic mass is 32.2. The average molecular weight is 473 g/mol. The van der Waals surface area contributed by atoms with E-state index in [4.69, 9.17) is 0 Å². The Bertz CT molecular complexity index is 1570. The molecule has 3 aromatic heterocycles. The number of aliphatic carboxylic acids is 1. The minimum absolute atomic E-state index is 0.102. The van der Waals surface area contributed by atoms with E-state index in [0.717, 1.165) is 16.8 Å². The summed E-state index contributed by atoms with van der Waals surface area (Å²) in [6.07, 6.45) is 8.47. The summed E-state index contributed by atoms with van der Waals surface area (Å²) >= 11 is 0. The van der Waals surface area contributed by atoms with Gasteiger partial charge in [0.2, 0.25) is 0 Å². The van der Waals surface area contributed by atoms with Crippen LogP contribution in [0.2, 0.25) is 0 Å². The third-order valence-electron chi connectivity index (χ3n) is 5.62. The normalized spacial score (nSPS) is 11.6. The highest BCUT2D eigenvalue weighted by Gasteiger charge is 2.22. The summed E-state index contributed by atoms with van der Waals surface area (Å²) in [4.78, 5) is 15.5. The maximum Gasteiger partial charge on any atom is 0.303 e. The molecule has 5 rings (SSSR count). The number of hydrogen-bond donors (Lipinski definition) is 1. The van der Waals surface area contributed by atoms with Gasteiger partial charge in [-0.1, -0.05) is 12.1 Å². The van der Waals surface area contributed by atoms with Crippen LogP contribution in [0.25, 0.3) is 27.7 Å². The first-order chi connectivity index (χ1) is 16.4. The Hall–Kier alpha value is -4.24. The minimum Gasteiger partial charge on any atom is -0.481 e. The van der Waals surface area contributed by atoms with Crippen molar-refractivity contribution in [2.24, 2.45) is 0 Å². The molecule has 0 amide bonds. The third-order valence-corrected chi connectivity index (χ3v) is 7.31. The lowest BCUT2D eigenvalue weighted by atomic mass is 10.0. The Labute approximate surface area is 195 Å². The van der Waals surface area contributed by atoms with E-state index >= 15 is 0 Å². The van der Waals surface area contributed by atoms with Crippen molar-refractivity contribution in [1.29, 1.82) is 0 Å². The van der Waals surface area contributed by atoms with Gasteiger partial charge in [0, 0.05) is 48.4 Å². The molecular weight excluding hydrogens is 452 g/mol. The van der Waals surface area contributed by atoms with Gasteiger partial charge in [-0.3, -0.25) is 9.78 Å². The fourth-order valence-electron chi connectivity index (χ4n) is 3.92. The predicted molar refractivity (Wildman–Crippen MR) is 127 cm³/mol. The molecule has 2 aromatic carbocycles. The van der Waals surface area contributed by atoms with Gasteiger partial charge in [-0.15, -0.1) is 0 Å². The highest BCUT2D eigenvalue weighted by molar-refractivity contribution is 7.90. The van der Waals surface area contributed by atoms with Gasteiger partial charge in [-0.2, -0.15) is 5.10 Å². The van der Waals surface area contributed by atoms with Gasteiger partial charge in [0.15, 0.2) is 0 Å². The van der Waals surface area contributed by atoms with Crippen LogP contribution in [0, 0.1) is 0 Å². The molecule has 0 atom stereocenters. The molecular formula is C25H20N4O4S. The van der Waals surface area contributed by atoms with Gasteiger partial charge in [-0.25, -0.2) is 17.1 Å². The molecule has 5 aromatic rings. The zero-order valence-electron chi connectivity index (χ0n) is 17.9. The van der Waals surface area contributed by atoms with Crippen LogP contribution in [-0.2, 0) is 21.2 Å². The predicted octanol–water partition coefficient (Wildman–Crippen LogP) is 4.14. The monoisotopic (exact) mass is 472 g/mol. The maximum absolute atomic E-state index is 13.6. The highest BCUT2D eigenvalue weighted by Crippen LogP contribution is 2.31. The van der Waals surface area contributed by atoms with Gasteiger partial charge in [0.1, 0.15) is 0 Å². The number of carboxylic acids is 1. The molecule has 8 nitrogen and oxygen atoms in total. The van der Waals surface area contributed by atoms with E-state index in [-0.39, 0.29) is 17.7 Å². The smallest absolute Gasteiger partial charge is 0.303 e. The average Bonchev–Trinajstić information content (AvgIpc) is 3.52. The molecule has 3 heterocycles. The molecule has 0 saturated carbocycles. The topological polar surface area (TPSA) is 107 Å². The molecule has 0 spiro atoms. The molecule has 0 aliphatic carbocycles. The summed E-state index contributed by atoms with van der Waals surface area (Å²) in [6.45, 7) is 0. The molecule has 34 heavy (non-hydrogen) atoms. The number of aromatic nitrogens is 4. The van der Waals surface area contributed by atoms with Gasteiger partial charge in [-0.05, 0) is 66.1 Å². The van der Waals surface area contributed by atoms with E-state index in [9.17, 15) is 18.3 Å². The number of carbonyl (C=O) groups is 1. The van der Waals surface area contributed by atoms with Crippen molar-refractivity contribution in [3.63, 3.8) is 0 Å². The zero-order chi connectivity index (χ0) is 23.7. The van der Waals surface area contributed by atoms with Crippen molar-refractivity contribution in [2.75, 3.05) is 0 Å². The summed E-state index contributed by atoms with van der Waals surface area (Å²) in [5.41, 5.74) is 3.64. The molecule has 0 saturated heterocycles. The Morgan fingerprint density at radius 3 is 2.47 bits per heavy atom. The van der Waals surface area contributed by atoms with Crippen molar-refractivity contribution in [3.05, 3.63) is 97.2 Å². The Morgan fingerprint density at radius 1 is 0.971 bits per heavy atom. The summed E-state index contributed by atoms with van der Waals surface area (Å²) in [5, 5.41) is 14.0. The number of hydrogen-bond acceptors (Lipinski definition) is 5. The molecule has 0 aliphatic heterocycles.